The highest BCUT2D eigenvalue weighted by atomic mass is 16.7. The van der Waals surface area contributed by atoms with Crippen LogP contribution in [0, 0.1) is 0 Å². The van der Waals surface area contributed by atoms with Crippen molar-refractivity contribution in [2.24, 2.45) is 0 Å². The zero-order valence-corrected chi connectivity index (χ0v) is 39.6. The molecule has 1 fully saturated rings. The maximum atomic E-state index is 13.1. The number of hydrogen-bond acceptors (Lipinski definition) is 10. The van der Waals surface area contributed by atoms with Crippen LogP contribution < -0.4 is 5.32 Å². The molecular formula is C51H97NO10. The highest BCUT2D eigenvalue weighted by Gasteiger charge is 2.44. The van der Waals surface area contributed by atoms with Crippen LogP contribution in [0.3, 0.4) is 0 Å². The second kappa shape index (κ2) is 41.1. The molecule has 11 heteroatoms. The van der Waals surface area contributed by atoms with Crippen LogP contribution in [-0.2, 0) is 14.3 Å². The molecule has 1 heterocycles. The highest BCUT2D eigenvalue weighted by Crippen LogP contribution is 2.23. The van der Waals surface area contributed by atoms with E-state index in [-0.39, 0.29) is 12.8 Å². The van der Waals surface area contributed by atoms with Crippen molar-refractivity contribution in [3.8, 4) is 0 Å². The van der Waals surface area contributed by atoms with Crippen molar-refractivity contribution in [3.63, 3.8) is 0 Å². The van der Waals surface area contributed by atoms with Gasteiger partial charge in [-0.3, -0.25) is 4.79 Å². The Morgan fingerprint density at radius 3 is 1.44 bits per heavy atom. The molecule has 11 nitrogen and oxygen atoms in total. The smallest absolute Gasteiger partial charge is 0.249 e. The average molecular weight is 884 g/mol. The van der Waals surface area contributed by atoms with Crippen LogP contribution in [0.4, 0.5) is 0 Å². The van der Waals surface area contributed by atoms with Gasteiger partial charge in [0.1, 0.15) is 36.6 Å². The third kappa shape index (κ3) is 29.9. The first kappa shape index (κ1) is 58.6. The Labute approximate surface area is 378 Å². The number of aliphatic hydroxyl groups excluding tert-OH is 7. The largest absolute Gasteiger partial charge is 0.394 e. The van der Waals surface area contributed by atoms with Crippen LogP contribution >= 0.6 is 0 Å². The molecule has 9 atom stereocenters. The second-order valence-corrected chi connectivity index (χ2v) is 18.2. The number of rotatable bonds is 43. The van der Waals surface area contributed by atoms with Gasteiger partial charge in [-0.25, -0.2) is 0 Å². The number of amides is 1. The quantitative estimate of drug-likeness (QED) is 0.0216. The van der Waals surface area contributed by atoms with Crippen molar-refractivity contribution in [1.29, 1.82) is 0 Å². The van der Waals surface area contributed by atoms with Crippen LogP contribution in [-0.4, -0.2) is 110 Å². The number of hydrogen-bond donors (Lipinski definition) is 8. The Bertz CT molecular complexity index is 1060. The zero-order chi connectivity index (χ0) is 45.5. The van der Waals surface area contributed by atoms with Crippen LogP contribution in [0.2, 0.25) is 0 Å². The molecule has 0 bridgehead atoms. The summed E-state index contributed by atoms with van der Waals surface area (Å²) in [5.74, 6) is -0.708. The van der Waals surface area contributed by atoms with E-state index >= 15 is 0 Å². The molecule has 1 saturated heterocycles. The molecule has 0 saturated carbocycles. The van der Waals surface area contributed by atoms with E-state index in [0.717, 1.165) is 38.5 Å². The summed E-state index contributed by atoms with van der Waals surface area (Å²) in [5.41, 5.74) is 0. The van der Waals surface area contributed by atoms with Gasteiger partial charge in [-0.2, -0.15) is 0 Å². The summed E-state index contributed by atoms with van der Waals surface area (Å²) in [4.78, 5) is 13.1. The lowest BCUT2D eigenvalue weighted by Gasteiger charge is -2.40. The summed E-state index contributed by atoms with van der Waals surface area (Å²) in [5, 5.41) is 75.8. The monoisotopic (exact) mass is 884 g/mol. The van der Waals surface area contributed by atoms with Gasteiger partial charge in [0, 0.05) is 0 Å². The van der Waals surface area contributed by atoms with E-state index in [9.17, 15) is 40.5 Å². The lowest BCUT2D eigenvalue weighted by molar-refractivity contribution is -0.303. The molecular weight excluding hydrogens is 787 g/mol. The molecule has 0 aromatic carbocycles. The van der Waals surface area contributed by atoms with Crippen LogP contribution in [0.1, 0.15) is 226 Å². The van der Waals surface area contributed by atoms with E-state index < -0.39 is 74.2 Å². The molecule has 0 radical (unpaired) electrons. The topological polar surface area (TPSA) is 189 Å². The maximum absolute atomic E-state index is 13.1. The second-order valence-electron chi connectivity index (χ2n) is 18.2. The minimum atomic E-state index is -1.67. The zero-order valence-electron chi connectivity index (χ0n) is 39.6. The molecule has 8 N–H and O–H groups in total. The number of unbranched alkanes of at least 4 members (excludes halogenated alkanes) is 27. The lowest BCUT2D eigenvalue weighted by Crippen LogP contribution is -2.60. The highest BCUT2D eigenvalue weighted by molar-refractivity contribution is 5.80. The summed E-state index contributed by atoms with van der Waals surface area (Å²) in [6, 6.07) is -1.19. The molecule has 1 aliphatic rings. The van der Waals surface area contributed by atoms with Crippen LogP contribution in [0.5, 0.6) is 0 Å². The Morgan fingerprint density at radius 1 is 0.548 bits per heavy atom. The van der Waals surface area contributed by atoms with Gasteiger partial charge in [-0.15, -0.1) is 0 Å². The molecule has 1 amide bonds. The van der Waals surface area contributed by atoms with E-state index in [1.165, 1.54) is 141 Å². The fourth-order valence-corrected chi connectivity index (χ4v) is 8.22. The molecule has 9 unspecified atom stereocenters. The fourth-order valence-electron chi connectivity index (χ4n) is 8.22. The van der Waals surface area contributed by atoms with Gasteiger partial charge in [0.2, 0.25) is 5.91 Å². The minimum Gasteiger partial charge on any atom is -0.394 e. The Kier molecular flexibility index (Phi) is 38.8. The van der Waals surface area contributed by atoms with Crippen LogP contribution in [0.25, 0.3) is 0 Å². The number of nitrogens with one attached hydrogen (secondary N) is 1. The molecule has 0 aliphatic carbocycles. The SMILES string of the molecule is CCCCCCC/C=C/CC/C=C/CCCC(O)C(O)C(COC1OC(CO)C(O)C(O)C1O)NC(=O)C(O)CCCCCCCCCCCCCCCCCCCCCCC. The number of ether oxygens (including phenoxy) is 2. The molecule has 1 aliphatic heterocycles. The predicted octanol–water partition coefficient (Wildman–Crippen LogP) is 9.40. The summed E-state index contributed by atoms with van der Waals surface area (Å²) < 4.78 is 11.1. The third-order valence-electron chi connectivity index (χ3n) is 12.5. The average Bonchev–Trinajstić information content (AvgIpc) is 3.27. The van der Waals surface area contributed by atoms with E-state index in [1.807, 2.05) is 0 Å². The van der Waals surface area contributed by atoms with Gasteiger partial charge in [-0.05, 0) is 51.4 Å². The molecule has 0 aromatic rings. The Balaban J connectivity index is 2.38. The first-order valence-corrected chi connectivity index (χ1v) is 25.7. The predicted molar refractivity (Wildman–Crippen MR) is 252 cm³/mol. The van der Waals surface area contributed by atoms with Crippen molar-refractivity contribution in [2.75, 3.05) is 13.2 Å². The first-order valence-electron chi connectivity index (χ1n) is 25.7. The van der Waals surface area contributed by atoms with Crippen molar-refractivity contribution in [2.45, 2.75) is 281 Å². The van der Waals surface area contributed by atoms with Crippen LogP contribution in [0.15, 0.2) is 24.3 Å². The fraction of sp³-hybridized carbons (Fsp3) is 0.902. The lowest BCUT2D eigenvalue weighted by atomic mass is 9.98. The summed E-state index contributed by atoms with van der Waals surface area (Å²) in [7, 11) is 0. The number of allylic oxidation sites excluding steroid dienone is 4. The van der Waals surface area contributed by atoms with Gasteiger partial charge in [0.15, 0.2) is 6.29 Å². The number of carbonyl (C=O) groups excluding carboxylic acids is 1. The van der Waals surface area contributed by atoms with Gasteiger partial charge < -0.3 is 50.5 Å². The minimum absolute atomic E-state index is 0.248. The Morgan fingerprint density at radius 2 is 0.968 bits per heavy atom. The van der Waals surface area contributed by atoms with Crippen molar-refractivity contribution < 1.29 is 50.0 Å². The summed E-state index contributed by atoms with van der Waals surface area (Å²) >= 11 is 0. The van der Waals surface area contributed by atoms with Crippen molar-refractivity contribution in [3.05, 3.63) is 24.3 Å². The van der Waals surface area contributed by atoms with E-state index in [0.29, 0.717) is 19.3 Å². The van der Waals surface area contributed by atoms with Gasteiger partial charge in [0.25, 0.3) is 0 Å². The van der Waals surface area contributed by atoms with Gasteiger partial charge >= 0.3 is 0 Å². The summed E-state index contributed by atoms with van der Waals surface area (Å²) in [6.45, 7) is 3.42. The maximum Gasteiger partial charge on any atom is 0.249 e. The van der Waals surface area contributed by atoms with Gasteiger partial charge in [0.05, 0.1) is 25.4 Å². The number of aliphatic hydroxyl groups is 7. The number of carbonyl (C=O) groups is 1. The summed E-state index contributed by atoms with van der Waals surface area (Å²) in [6.07, 6.45) is 35.2. The molecule has 366 valence electrons. The van der Waals surface area contributed by atoms with E-state index in [2.05, 4.69) is 43.5 Å². The van der Waals surface area contributed by atoms with Gasteiger partial charge in [-0.1, -0.05) is 199 Å². The third-order valence-corrected chi connectivity index (χ3v) is 12.5. The first-order chi connectivity index (χ1) is 30.2. The van der Waals surface area contributed by atoms with Crippen molar-refractivity contribution in [1.82, 2.24) is 5.32 Å². The standard InChI is InChI=1S/C51H97NO10/c1-3-5-7-9-11-13-15-17-19-20-21-22-23-24-25-27-29-31-33-35-37-39-44(55)50(60)52-42(41-61-51-49(59)48(58)47(57)45(40-53)62-51)46(56)43(54)38-36-34-32-30-28-26-18-16-14-12-10-8-6-4-2/h16,18,30,32,42-49,51,53-59H,3-15,17,19-29,31,33-41H2,1-2H3,(H,52,60)/b18-16+,32-30+. The molecule has 0 aromatic heterocycles. The molecule has 1 rings (SSSR count). The van der Waals surface area contributed by atoms with E-state index in [4.69, 9.17) is 9.47 Å². The molecule has 62 heavy (non-hydrogen) atoms. The Hall–Kier alpha value is -1.41. The van der Waals surface area contributed by atoms with E-state index in [1.54, 1.807) is 0 Å². The molecule has 0 spiro atoms. The normalized spacial score (nSPS) is 21.5. The van der Waals surface area contributed by atoms with Crippen molar-refractivity contribution >= 4 is 5.91 Å².